The van der Waals surface area contributed by atoms with Gasteiger partial charge in [0.1, 0.15) is 5.82 Å². The maximum Gasteiger partial charge on any atom is 0.243 e. The first-order valence-electron chi connectivity index (χ1n) is 11.0. The zero-order valence-corrected chi connectivity index (χ0v) is 19.0. The van der Waals surface area contributed by atoms with Crippen molar-refractivity contribution in [3.8, 4) is 0 Å². The topological polar surface area (TPSA) is 62.9 Å². The highest BCUT2D eigenvalue weighted by atomic mass is 35.5. The number of fused-ring (bicyclic) bond motifs is 1. The number of halogens is 2. The van der Waals surface area contributed by atoms with Crippen LogP contribution in [0.2, 0.25) is 5.02 Å². The van der Waals surface area contributed by atoms with E-state index in [1.165, 1.54) is 16.8 Å². The Morgan fingerprint density at radius 1 is 1.06 bits per heavy atom. The van der Waals surface area contributed by atoms with Crippen LogP contribution in [-0.2, 0) is 4.79 Å². The van der Waals surface area contributed by atoms with E-state index in [-0.39, 0.29) is 36.1 Å². The zero-order valence-electron chi connectivity index (χ0n) is 18.2. The van der Waals surface area contributed by atoms with E-state index in [1.807, 2.05) is 0 Å². The minimum Gasteiger partial charge on any atom is -0.369 e. The van der Waals surface area contributed by atoms with Crippen LogP contribution in [-0.4, -0.2) is 56.1 Å². The Kier molecular flexibility index (Phi) is 5.81. The first-order valence-corrected chi connectivity index (χ1v) is 11.4. The van der Waals surface area contributed by atoms with E-state index in [4.69, 9.17) is 11.6 Å². The predicted octanol–water partition coefficient (Wildman–Crippen LogP) is 2.37. The number of hydrogen-bond donors (Lipinski definition) is 3. The number of carbonyl (C=O) groups is 1. The maximum absolute atomic E-state index is 14.7. The molecule has 0 aliphatic carbocycles. The van der Waals surface area contributed by atoms with Gasteiger partial charge in [-0.3, -0.25) is 10.2 Å². The van der Waals surface area contributed by atoms with Crippen molar-refractivity contribution in [2.24, 2.45) is 0 Å². The largest absolute Gasteiger partial charge is 0.369 e. The number of hydrogen-bond acceptors (Lipinski definition) is 6. The summed E-state index contributed by atoms with van der Waals surface area (Å²) in [6.45, 7) is 5.93. The van der Waals surface area contributed by atoms with E-state index in [1.54, 1.807) is 13.0 Å². The van der Waals surface area contributed by atoms with Gasteiger partial charge in [0.05, 0.1) is 17.8 Å². The van der Waals surface area contributed by atoms with Gasteiger partial charge < -0.3 is 9.80 Å². The monoisotopic (exact) mass is 458 g/mol. The van der Waals surface area contributed by atoms with Crippen LogP contribution >= 0.6 is 11.6 Å². The lowest BCUT2D eigenvalue weighted by Gasteiger charge is -2.37. The third-order valence-corrected chi connectivity index (χ3v) is 6.92. The average molecular weight is 459 g/mol. The number of piperazine rings is 1. The van der Waals surface area contributed by atoms with Crippen LogP contribution in [0, 0.1) is 12.7 Å². The molecule has 3 unspecified atom stereocenters. The smallest absolute Gasteiger partial charge is 0.243 e. The Hall–Kier alpha value is -2.23. The SMILES string of the molecule is Cc1cc(Cl)cc(F)c1N1NC2C(CC1=O)NNC2c1ccc(N2CCN(C)CC2)cc1. The molecule has 9 heteroatoms. The number of likely N-dealkylation sites (N-methyl/N-ethyl adjacent to an activating group) is 1. The molecule has 0 radical (unpaired) electrons. The fourth-order valence-electron chi connectivity index (χ4n) is 4.87. The summed E-state index contributed by atoms with van der Waals surface area (Å²) in [6.07, 6.45) is 0.266. The number of carbonyl (C=O) groups excluding carboxylic acids is 1. The van der Waals surface area contributed by atoms with E-state index in [0.717, 1.165) is 31.7 Å². The van der Waals surface area contributed by atoms with Gasteiger partial charge in [0.2, 0.25) is 5.91 Å². The van der Waals surface area contributed by atoms with Crippen LogP contribution in [0.3, 0.4) is 0 Å². The summed E-state index contributed by atoms with van der Waals surface area (Å²) in [4.78, 5) is 17.5. The fraction of sp³-hybridized carbons (Fsp3) is 0.435. The van der Waals surface area contributed by atoms with Crippen LogP contribution in [0.5, 0.6) is 0 Å². The highest BCUT2D eigenvalue weighted by molar-refractivity contribution is 6.30. The van der Waals surface area contributed by atoms with Crippen molar-refractivity contribution in [2.45, 2.75) is 31.5 Å². The van der Waals surface area contributed by atoms with Crippen molar-refractivity contribution in [1.29, 1.82) is 0 Å². The number of aryl methyl sites for hydroxylation is 1. The maximum atomic E-state index is 14.7. The normalized spacial score (nSPS) is 26.5. The lowest BCUT2D eigenvalue weighted by molar-refractivity contribution is -0.121. The lowest BCUT2D eigenvalue weighted by atomic mass is 9.93. The predicted molar refractivity (Wildman–Crippen MR) is 124 cm³/mol. The molecule has 3 fully saturated rings. The standard InChI is InChI=1S/C23H28ClFN6O/c1-14-11-16(24)12-18(25)23(14)31-20(32)13-19-22(28-31)21(27-26-19)15-3-5-17(6-4-15)30-9-7-29(2)8-10-30/h3-6,11-12,19,21-22,26-28H,7-10,13H2,1-2H3. The van der Waals surface area contributed by atoms with Crippen LogP contribution in [0.1, 0.15) is 23.6 Å². The Morgan fingerprint density at radius 2 is 1.78 bits per heavy atom. The van der Waals surface area contributed by atoms with Gasteiger partial charge in [-0.1, -0.05) is 23.7 Å². The van der Waals surface area contributed by atoms with Crippen molar-refractivity contribution in [2.75, 3.05) is 43.1 Å². The number of benzene rings is 2. The second-order valence-corrected chi connectivity index (χ2v) is 9.33. The molecule has 0 saturated carbocycles. The molecular weight excluding hydrogens is 431 g/mol. The molecule has 3 N–H and O–H groups in total. The molecule has 0 aromatic heterocycles. The Balaban J connectivity index is 1.36. The zero-order chi connectivity index (χ0) is 22.4. The van der Waals surface area contributed by atoms with E-state index in [9.17, 15) is 9.18 Å². The number of anilines is 2. The number of hydrazine groups is 2. The summed E-state index contributed by atoms with van der Waals surface area (Å²) in [5.74, 6) is -0.697. The molecule has 5 rings (SSSR count). The first kappa shape index (κ1) is 21.6. The molecule has 2 aromatic carbocycles. The second-order valence-electron chi connectivity index (χ2n) is 8.90. The summed E-state index contributed by atoms with van der Waals surface area (Å²) < 4.78 is 14.7. The molecule has 32 heavy (non-hydrogen) atoms. The third-order valence-electron chi connectivity index (χ3n) is 6.70. The van der Waals surface area contributed by atoms with Crippen molar-refractivity contribution < 1.29 is 9.18 Å². The molecule has 0 spiro atoms. The number of rotatable bonds is 3. The van der Waals surface area contributed by atoms with Gasteiger partial charge in [0.15, 0.2) is 0 Å². The van der Waals surface area contributed by atoms with Crippen LogP contribution in [0.4, 0.5) is 15.8 Å². The van der Waals surface area contributed by atoms with E-state index in [0.29, 0.717) is 10.6 Å². The quantitative estimate of drug-likeness (QED) is 0.656. The molecule has 3 saturated heterocycles. The van der Waals surface area contributed by atoms with Gasteiger partial charge in [-0.05, 0) is 49.4 Å². The third kappa shape index (κ3) is 3.97. The van der Waals surface area contributed by atoms with Gasteiger partial charge in [-0.15, -0.1) is 0 Å². The van der Waals surface area contributed by atoms with Gasteiger partial charge in [0.25, 0.3) is 0 Å². The summed E-state index contributed by atoms with van der Waals surface area (Å²) >= 11 is 5.98. The summed E-state index contributed by atoms with van der Waals surface area (Å²) in [6, 6.07) is 11.2. The Labute approximate surface area is 192 Å². The van der Waals surface area contributed by atoms with Gasteiger partial charge in [-0.2, -0.15) is 0 Å². The van der Waals surface area contributed by atoms with E-state index < -0.39 is 5.82 Å². The number of nitrogens with zero attached hydrogens (tertiary/aromatic N) is 3. The molecule has 170 valence electrons. The van der Waals surface area contributed by atoms with Crippen molar-refractivity contribution in [3.05, 3.63) is 58.4 Å². The molecule has 1 amide bonds. The molecule has 0 bridgehead atoms. The van der Waals surface area contributed by atoms with Gasteiger partial charge in [0, 0.05) is 49.4 Å². The summed E-state index contributed by atoms with van der Waals surface area (Å²) in [7, 11) is 2.15. The molecule has 2 aromatic rings. The highest BCUT2D eigenvalue weighted by Crippen LogP contribution is 2.33. The Morgan fingerprint density at radius 3 is 2.47 bits per heavy atom. The van der Waals surface area contributed by atoms with E-state index >= 15 is 0 Å². The minimum absolute atomic E-state index is 0.0622. The van der Waals surface area contributed by atoms with Crippen LogP contribution < -0.4 is 26.2 Å². The van der Waals surface area contributed by atoms with Crippen LogP contribution in [0.25, 0.3) is 0 Å². The summed E-state index contributed by atoms with van der Waals surface area (Å²) in [5, 5.41) is 1.66. The van der Waals surface area contributed by atoms with Crippen molar-refractivity contribution in [3.63, 3.8) is 0 Å². The van der Waals surface area contributed by atoms with E-state index in [2.05, 4.69) is 57.4 Å². The lowest BCUT2D eigenvalue weighted by Crippen LogP contribution is -2.60. The van der Waals surface area contributed by atoms with Gasteiger partial charge in [-0.25, -0.2) is 20.3 Å². The molecule has 3 aliphatic heterocycles. The average Bonchev–Trinajstić information content (AvgIpc) is 3.16. The number of nitrogens with one attached hydrogen (secondary N) is 3. The molecule has 7 nitrogen and oxygen atoms in total. The van der Waals surface area contributed by atoms with Crippen LogP contribution in [0.15, 0.2) is 36.4 Å². The van der Waals surface area contributed by atoms with Crippen molar-refractivity contribution in [1.82, 2.24) is 21.2 Å². The molecule has 3 heterocycles. The summed E-state index contributed by atoms with van der Waals surface area (Å²) in [5.41, 5.74) is 13.0. The highest BCUT2D eigenvalue weighted by Gasteiger charge is 2.44. The molecular formula is C23H28ClFN6O. The fourth-order valence-corrected chi connectivity index (χ4v) is 5.13. The van der Waals surface area contributed by atoms with Crippen molar-refractivity contribution >= 4 is 28.9 Å². The Bertz CT molecular complexity index is 987. The first-order chi connectivity index (χ1) is 15.4. The molecule has 3 aliphatic rings. The molecule has 3 atom stereocenters. The minimum atomic E-state index is -0.513. The second kappa shape index (κ2) is 8.61. The number of amides is 1. The van der Waals surface area contributed by atoms with Gasteiger partial charge >= 0.3 is 0 Å².